The van der Waals surface area contributed by atoms with Gasteiger partial charge in [-0.25, -0.2) is 73.2 Å². The molecule has 12 rings (SSSR count). The molecule has 15 nitrogen and oxygen atoms in total. The van der Waals surface area contributed by atoms with Gasteiger partial charge in [-0.2, -0.15) is 13.2 Å². The Labute approximate surface area is 510 Å². The average molecular weight is 1280 g/mol. The Morgan fingerprint density at radius 3 is 1.08 bits per heavy atom. The van der Waals surface area contributed by atoms with Gasteiger partial charge in [0.2, 0.25) is 30.1 Å². The first-order valence-corrected chi connectivity index (χ1v) is 31.3. The highest BCUT2D eigenvalue weighted by atomic mass is 32.2. The summed E-state index contributed by atoms with van der Waals surface area (Å²) in [6.07, 6.45) is 2.72. The van der Waals surface area contributed by atoms with Crippen LogP contribution in [0.4, 0.5) is 30.7 Å². The molecule has 0 atom stereocenters. The van der Waals surface area contributed by atoms with Gasteiger partial charge in [-0.15, -0.1) is 0 Å². The smallest absolute Gasteiger partial charge is 0.338 e. The highest BCUT2D eigenvalue weighted by Gasteiger charge is 2.31. The summed E-state index contributed by atoms with van der Waals surface area (Å²) in [5.74, 6) is 0.265. The minimum Gasteiger partial charge on any atom is -0.338 e. The average Bonchev–Trinajstić information content (AvgIpc) is 2.03. The van der Waals surface area contributed by atoms with Crippen molar-refractivity contribution in [2.75, 3.05) is 0 Å². The first kappa shape index (κ1) is 62.9. The lowest BCUT2D eigenvalue weighted by Gasteiger charge is -2.07. The second-order valence-corrected chi connectivity index (χ2v) is 24.6. The number of alkyl halides is 5. The van der Waals surface area contributed by atoms with Gasteiger partial charge in [-0.05, 0) is 137 Å². The van der Waals surface area contributed by atoms with Crippen LogP contribution in [0.2, 0.25) is 0 Å². The van der Waals surface area contributed by atoms with Crippen LogP contribution < -0.4 is 15.4 Å². The second-order valence-electron chi connectivity index (χ2n) is 20.0. The summed E-state index contributed by atoms with van der Waals surface area (Å²) in [6, 6.07) is 49.7. The summed E-state index contributed by atoms with van der Waals surface area (Å²) < 4.78 is 162. The maximum absolute atomic E-state index is 13.6. The summed E-state index contributed by atoms with van der Waals surface area (Å²) in [5, 5.41) is 16.0. The Kier molecular flexibility index (Phi) is 18.1. The highest BCUT2D eigenvalue weighted by Crippen LogP contribution is 2.34. The van der Waals surface area contributed by atoms with Gasteiger partial charge < -0.3 is 15.0 Å². The lowest BCUT2D eigenvalue weighted by Crippen LogP contribution is -2.13. The van der Waals surface area contributed by atoms with Gasteiger partial charge in [0.25, 0.3) is 6.43 Å². The maximum atomic E-state index is 13.6. The van der Waals surface area contributed by atoms with Gasteiger partial charge >= 0.3 is 6.18 Å². The third-order valence-electron chi connectivity index (χ3n) is 13.6. The minimum atomic E-state index is -4.66. The van der Waals surface area contributed by atoms with Gasteiger partial charge in [0.1, 0.15) is 29.1 Å². The van der Waals surface area contributed by atoms with Crippen LogP contribution in [0.1, 0.15) is 51.7 Å². The third kappa shape index (κ3) is 15.4. The number of aromatic amines is 3. The fourth-order valence-corrected chi connectivity index (χ4v) is 11.7. The largest absolute Gasteiger partial charge is 0.416 e. The maximum Gasteiger partial charge on any atom is 0.416 e. The summed E-state index contributed by atoms with van der Waals surface area (Å²) in [6.45, 7) is 0. The van der Waals surface area contributed by atoms with Crippen LogP contribution in [0.15, 0.2) is 209 Å². The molecule has 0 saturated heterocycles. The first-order valence-electron chi connectivity index (χ1n) is 26.6. The highest BCUT2D eigenvalue weighted by molar-refractivity contribution is 7.89. The molecule has 3 heterocycles. The second kappa shape index (κ2) is 25.9. The number of sulfonamides is 3. The quantitative estimate of drug-likeness (QED) is 0.0599. The van der Waals surface area contributed by atoms with E-state index in [0.29, 0.717) is 67.9 Å². The number of aromatic nitrogens is 6. The molecule has 0 amide bonds. The number of fused-ring (bicyclic) bond motifs is 3. The van der Waals surface area contributed by atoms with Gasteiger partial charge in [-0.1, -0.05) is 127 Å². The molecule has 456 valence electrons. The van der Waals surface area contributed by atoms with E-state index in [9.17, 15) is 56.0 Å². The normalized spacial score (nSPS) is 12.3. The monoisotopic (exact) mass is 1280 g/mol. The Hall–Kier alpha value is -10.2. The Morgan fingerprint density at radius 1 is 0.389 bits per heavy atom. The van der Waals surface area contributed by atoms with Gasteiger partial charge in [0, 0.05) is 22.3 Å². The number of hydrogen-bond acceptors (Lipinski definition) is 9. The van der Waals surface area contributed by atoms with Crippen molar-refractivity contribution in [1.29, 1.82) is 0 Å². The summed E-state index contributed by atoms with van der Waals surface area (Å²) in [7, 11) is -11.6. The predicted octanol–water partition coefficient (Wildman–Crippen LogP) is 14.4. The number of halogens is 7. The Bertz CT molecular complexity index is 5110. The molecular formula is C65H48F7N9O6S3. The van der Waals surface area contributed by atoms with Gasteiger partial charge in [-0.3, -0.25) is 0 Å². The van der Waals surface area contributed by atoms with Crippen molar-refractivity contribution in [2.45, 2.75) is 27.3 Å². The molecule has 0 unspecified atom stereocenters. The molecule has 90 heavy (non-hydrogen) atoms. The molecule has 0 aliphatic heterocycles. The van der Waals surface area contributed by atoms with Crippen molar-refractivity contribution in [3.8, 4) is 33.4 Å². The van der Waals surface area contributed by atoms with Crippen LogP contribution in [-0.2, 0) is 36.2 Å². The molecule has 0 spiro atoms. The number of imidazole rings is 3. The molecule has 9 N–H and O–H groups in total. The lowest BCUT2D eigenvalue weighted by molar-refractivity contribution is -0.137. The molecule has 0 aliphatic carbocycles. The molecule has 0 radical (unpaired) electrons. The predicted molar refractivity (Wildman–Crippen MR) is 335 cm³/mol. The van der Waals surface area contributed by atoms with E-state index in [-0.39, 0.29) is 31.6 Å². The van der Waals surface area contributed by atoms with E-state index in [1.165, 1.54) is 54.6 Å². The number of nitrogens with one attached hydrogen (secondary N) is 3. The molecule has 9 aromatic carbocycles. The molecule has 0 aliphatic rings. The van der Waals surface area contributed by atoms with Crippen molar-refractivity contribution in [3.05, 3.63) is 251 Å². The molecule has 25 heteroatoms. The SMILES string of the molecule is NS(=O)(=O)c1ccccc1-c1ccc2nc(/C=C/c3cc(F)cc(C(F)(F)F)c3)[nH]c2c1.NS(=O)(=O)c1ccccc1-c1ccc2nc(/C=C/c3ccc(C(F)F)cc3)[nH]c2c1.NS(=O)(=O)c1ccccc1-c1ccc2nc(/C=C/c3ccc(F)cc3)[nH]c2c1. The van der Waals surface area contributed by atoms with Crippen molar-refractivity contribution >= 4 is 99.6 Å². The fraction of sp³-hybridized carbons (Fsp3) is 0.0308. The summed E-state index contributed by atoms with van der Waals surface area (Å²) in [4.78, 5) is 22.8. The van der Waals surface area contributed by atoms with Crippen LogP contribution in [0.3, 0.4) is 0 Å². The molecule has 12 aromatic rings. The number of nitrogens with zero attached hydrogens (tertiary/aromatic N) is 3. The zero-order chi connectivity index (χ0) is 64.1. The Morgan fingerprint density at radius 2 is 0.733 bits per heavy atom. The number of H-pyrrole nitrogens is 3. The van der Waals surface area contributed by atoms with Crippen molar-refractivity contribution < 1.29 is 56.0 Å². The number of rotatable bonds is 13. The lowest BCUT2D eigenvalue weighted by atomic mass is 10.1. The molecular weight excluding hydrogens is 1230 g/mol. The first-order chi connectivity index (χ1) is 42.7. The summed E-state index contributed by atoms with van der Waals surface area (Å²) in [5.41, 5.74) is 8.06. The van der Waals surface area contributed by atoms with E-state index < -0.39 is 54.1 Å². The van der Waals surface area contributed by atoms with Crippen molar-refractivity contribution in [3.63, 3.8) is 0 Å². The molecule has 0 fully saturated rings. The number of primary sulfonamides is 3. The number of benzene rings is 9. The van der Waals surface area contributed by atoms with E-state index in [1.54, 1.807) is 140 Å². The molecule has 0 saturated carbocycles. The fourth-order valence-electron chi connectivity index (χ4n) is 9.41. The number of nitrogens with two attached hydrogens (primary N) is 3. The minimum absolute atomic E-state index is 0.0226. The van der Waals surface area contributed by atoms with E-state index in [2.05, 4.69) is 29.9 Å². The van der Waals surface area contributed by atoms with Crippen molar-refractivity contribution in [1.82, 2.24) is 29.9 Å². The van der Waals surface area contributed by atoms with Gasteiger partial charge in [0.15, 0.2) is 0 Å². The molecule has 0 bridgehead atoms. The Balaban J connectivity index is 0.000000149. The summed E-state index contributed by atoms with van der Waals surface area (Å²) >= 11 is 0. The van der Waals surface area contributed by atoms with Crippen LogP contribution in [0, 0.1) is 11.6 Å². The van der Waals surface area contributed by atoms with Crippen molar-refractivity contribution in [2.24, 2.45) is 15.4 Å². The standard InChI is InChI=1S/C22H15F4N3O2S.C22H17F2N3O2S.C21H16FN3O2S/c23-16-10-13(9-15(12-16)22(24,25)26)5-8-21-28-18-7-6-14(11-19(18)29-21)17-3-1-2-4-20(17)32(27,30)31;23-22(24)15-8-5-14(6-9-15)7-12-21-26-18-11-10-16(13-19(18)27-21)17-3-1-2-4-20(17)30(25,28)29;22-16-9-5-14(6-10-16)7-12-21-24-18-11-8-15(13-19(18)25-21)17-3-1-2-4-20(17)28(23,26)27/h1-12H,(H,28,29)(H2,27,30,31);1-13,22H,(H,26,27)(H2,25,28,29);1-13H,(H,24,25)(H2,23,26,27)/b8-5+;2*12-7+. The third-order valence-corrected chi connectivity index (χ3v) is 16.5. The zero-order valence-electron chi connectivity index (χ0n) is 46.4. The number of hydrogen-bond donors (Lipinski definition) is 6. The van der Waals surface area contributed by atoms with E-state index in [0.717, 1.165) is 45.4 Å². The topological polar surface area (TPSA) is 267 Å². The van der Waals surface area contributed by atoms with Crippen LogP contribution >= 0.6 is 0 Å². The van der Waals surface area contributed by atoms with E-state index >= 15 is 0 Å². The van der Waals surface area contributed by atoms with Crippen LogP contribution in [0.25, 0.3) is 103 Å². The van der Waals surface area contributed by atoms with Gasteiger partial charge in [0.05, 0.1) is 53.4 Å². The van der Waals surface area contributed by atoms with E-state index in [1.807, 2.05) is 18.2 Å². The molecule has 3 aromatic heterocycles. The van der Waals surface area contributed by atoms with E-state index in [4.69, 9.17) is 15.4 Å². The van der Waals surface area contributed by atoms with Crippen LogP contribution in [0.5, 0.6) is 0 Å². The zero-order valence-corrected chi connectivity index (χ0v) is 48.9. The van der Waals surface area contributed by atoms with Crippen LogP contribution in [-0.4, -0.2) is 55.2 Å².